The predicted molar refractivity (Wildman–Crippen MR) is 173 cm³/mol. The zero-order valence-electron chi connectivity index (χ0n) is 27.0. The Balaban J connectivity index is 1.83. The first kappa shape index (κ1) is 35.0. The number of nitrogens with one attached hydrogen (secondary N) is 3. The van der Waals surface area contributed by atoms with Gasteiger partial charge in [0.05, 0.1) is 30.1 Å². The summed E-state index contributed by atoms with van der Waals surface area (Å²) in [7, 11) is 3.34. The number of allylic oxidation sites excluding steroid dienone is 1. The highest BCUT2D eigenvalue weighted by Gasteiger charge is 2.33. The van der Waals surface area contributed by atoms with Gasteiger partial charge in [0.15, 0.2) is 0 Å². The number of rotatable bonds is 17. The van der Waals surface area contributed by atoms with E-state index in [0.717, 1.165) is 31.2 Å². The third-order valence-electron chi connectivity index (χ3n) is 8.99. The second-order valence-electron chi connectivity index (χ2n) is 13.0. The van der Waals surface area contributed by atoms with Gasteiger partial charge in [-0.15, -0.1) is 6.58 Å². The molecule has 0 saturated heterocycles. The number of aromatic amines is 1. The van der Waals surface area contributed by atoms with Gasteiger partial charge in [0.25, 0.3) is 0 Å². The quantitative estimate of drug-likeness (QED) is 0.198. The Bertz CT molecular complexity index is 1160. The molecule has 0 bridgehead atoms. The van der Waals surface area contributed by atoms with Gasteiger partial charge in [-0.2, -0.15) is 0 Å². The van der Waals surface area contributed by atoms with Crippen LogP contribution in [0.25, 0.3) is 0 Å². The smallest absolute Gasteiger partial charge is 0.243 e. The van der Waals surface area contributed by atoms with Gasteiger partial charge in [-0.3, -0.25) is 14.4 Å². The summed E-state index contributed by atoms with van der Waals surface area (Å²) in [6.07, 6.45) is 11.8. The molecule has 0 aliphatic heterocycles. The lowest BCUT2D eigenvalue weighted by molar-refractivity contribution is -0.136. The number of aromatic nitrogens is 2. The van der Waals surface area contributed by atoms with E-state index in [1.54, 1.807) is 20.3 Å². The van der Waals surface area contributed by atoms with Crippen LogP contribution in [-0.4, -0.2) is 70.0 Å². The first-order chi connectivity index (χ1) is 21.1. The highest BCUT2D eigenvalue weighted by atomic mass is 16.3. The summed E-state index contributed by atoms with van der Waals surface area (Å²) in [5.41, 5.74) is 1.57. The van der Waals surface area contributed by atoms with Gasteiger partial charge in [-0.25, -0.2) is 4.98 Å². The average molecular weight is 608 g/mol. The van der Waals surface area contributed by atoms with Crippen molar-refractivity contribution in [3.8, 4) is 0 Å². The molecule has 1 saturated carbocycles. The van der Waals surface area contributed by atoms with Gasteiger partial charge >= 0.3 is 0 Å². The second kappa shape index (κ2) is 17.7. The molecule has 242 valence electrons. The van der Waals surface area contributed by atoms with E-state index in [9.17, 15) is 19.5 Å². The number of benzene rings is 1. The minimum Gasteiger partial charge on any atom is -0.391 e. The number of carbonyl (C=O) groups excluding carboxylic acids is 3. The van der Waals surface area contributed by atoms with Crippen LogP contribution in [0, 0.1) is 23.7 Å². The van der Waals surface area contributed by atoms with E-state index in [-0.39, 0.29) is 36.5 Å². The number of hydrogen-bond acceptors (Lipinski definition) is 5. The number of carbonyl (C=O) groups is 3. The summed E-state index contributed by atoms with van der Waals surface area (Å²) >= 11 is 0. The van der Waals surface area contributed by atoms with E-state index in [2.05, 4.69) is 41.0 Å². The molecule has 1 aromatic carbocycles. The van der Waals surface area contributed by atoms with Crippen LogP contribution in [0.2, 0.25) is 0 Å². The zero-order valence-corrected chi connectivity index (χ0v) is 27.0. The maximum Gasteiger partial charge on any atom is 0.243 e. The van der Waals surface area contributed by atoms with Crippen molar-refractivity contribution in [2.45, 2.75) is 96.2 Å². The van der Waals surface area contributed by atoms with Crippen LogP contribution in [-0.2, 0) is 27.2 Å². The van der Waals surface area contributed by atoms with Crippen molar-refractivity contribution in [1.82, 2.24) is 25.5 Å². The van der Waals surface area contributed by atoms with Crippen molar-refractivity contribution >= 4 is 17.7 Å². The molecule has 4 N–H and O–H groups in total. The Hall–Kier alpha value is -3.46. The molecule has 1 aliphatic carbocycles. The summed E-state index contributed by atoms with van der Waals surface area (Å²) in [5, 5.41) is 17.6. The number of hydrogen-bond donors (Lipinski definition) is 4. The molecular weight excluding hydrogens is 554 g/mol. The molecule has 0 unspecified atom stereocenters. The second-order valence-corrected chi connectivity index (χ2v) is 13.0. The Morgan fingerprint density at radius 3 is 2.36 bits per heavy atom. The number of nitrogens with zero attached hydrogens (tertiary/aromatic N) is 2. The van der Waals surface area contributed by atoms with E-state index in [1.807, 2.05) is 36.4 Å². The molecule has 9 nitrogen and oxygen atoms in total. The lowest BCUT2D eigenvalue weighted by Gasteiger charge is -2.33. The molecule has 1 fully saturated rings. The molecule has 3 rings (SSSR count). The highest BCUT2D eigenvalue weighted by Crippen LogP contribution is 2.30. The van der Waals surface area contributed by atoms with Crippen LogP contribution in [0.1, 0.15) is 76.5 Å². The summed E-state index contributed by atoms with van der Waals surface area (Å²) in [5.74, 6) is -0.697. The van der Waals surface area contributed by atoms with Gasteiger partial charge in [0.1, 0.15) is 6.04 Å². The molecule has 1 aromatic heterocycles. The first-order valence-corrected chi connectivity index (χ1v) is 16.2. The van der Waals surface area contributed by atoms with Crippen molar-refractivity contribution < 1.29 is 19.5 Å². The van der Waals surface area contributed by atoms with Crippen LogP contribution in [0.4, 0.5) is 0 Å². The van der Waals surface area contributed by atoms with E-state index < -0.39 is 24.1 Å². The minimum atomic E-state index is -0.931. The van der Waals surface area contributed by atoms with Crippen LogP contribution in [0.3, 0.4) is 0 Å². The summed E-state index contributed by atoms with van der Waals surface area (Å²) in [6, 6.07) is 8.18. The minimum absolute atomic E-state index is 0.0195. The van der Waals surface area contributed by atoms with E-state index in [4.69, 9.17) is 0 Å². The third kappa shape index (κ3) is 11.2. The topological polar surface area (TPSA) is 127 Å². The van der Waals surface area contributed by atoms with Gasteiger partial charge in [-0.1, -0.05) is 82.4 Å². The standard InChI is InChI=1S/C35H53N5O4/c1-6-27(24(2)3)19-32(41)30(18-26-15-11-8-12-16-26)38-35(44)31(21-29-22-36-23-37-29)39-34(43)28(20-33(42)40(4)5)17-25-13-9-7-10-14-25/h6-7,9-10,13-14,22-24,26-28,30-32,41H,1,8,11-12,15-21H2,2-5H3,(H,36,37)(H,38,44)(H,39,43)/t27-,28+,30-,31-,32-/m0/s1. The van der Waals surface area contributed by atoms with Crippen LogP contribution < -0.4 is 10.6 Å². The third-order valence-corrected chi connectivity index (χ3v) is 8.99. The monoisotopic (exact) mass is 607 g/mol. The molecule has 44 heavy (non-hydrogen) atoms. The Kier molecular flexibility index (Phi) is 14.1. The molecule has 1 heterocycles. The average Bonchev–Trinajstić information content (AvgIpc) is 3.52. The fourth-order valence-corrected chi connectivity index (χ4v) is 6.12. The predicted octanol–water partition coefficient (Wildman–Crippen LogP) is 4.44. The van der Waals surface area contributed by atoms with Crippen molar-refractivity contribution in [3.05, 3.63) is 66.8 Å². The Morgan fingerprint density at radius 1 is 1.07 bits per heavy atom. The van der Waals surface area contributed by atoms with Gasteiger partial charge in [-0.05, 0) is 42.6 Å². The summed E-state index contributed by atoms with van der Waals surface area (Å²) in [4.78, 5) is 49.2. The Labute approximate surface area is 263 Å². The normalized spacial score (nSPS) is 17.2. The van der Waals surface area contributed by atoms with Crippen LogP contribution in [0.15, 0.2) is 55.5 Å². The Morgan fingerprint density at radius 2 is 1.77 bits per heavy atom. The number of amides is 3. The summed E-state index contributed by atoms with van der Waals surface area (Å²) in [6.45, 7) is 8.18. The van der Waals surface area contributed by atoms with Crippen LogP contribution >= 0.6 is 0 Å². The number of aliphatic hydroxyl groups is 1. The van der Waals surface area contributed by atoms with E-state index in [0.29, 0.717) is 36.8 Å². The fourth-order valence-electron chi connectivity index (χ4n) is 6.12. The molecule has 0 spiro atoms. The molecule has 9 heteroatoms. The number of aliphatic hydroxyl groups excluding tert-OH is 1. The fraction of sp³-hybridized carbons (Fsp3) is 0.600. The maximum atomic E-state index is 14.0. The number of H-pyrrole nitrogens is 1. The van der Waals surface area contributed by atoms with Gasteiger partial charge < -0.3 is 25.6 Å². The van der Waals surface area contributed by atoms with Crippen molar-refractivity contribution in [1.29, 1.82) is 0 Å². The SMILES string of the molecule is C=C[C@@H](C[C@H](O)[C@H](CC1CCCCC1)NC(=O)[C@H](Cc1c[nH]cn1)NC(=O)[C@@H](CC(=O)N(C)C)Cc1ccccc1)C(C)C. The first-order valence-electron chi connectivity index (χ1n) is 16.2. The van der Waals surface area contributed by atoms with Crippen molar-refractivity contribution in [3.63, 3.8) is 0 Å². The van der Waals surface area contributed by atoms with E-state index in [1.165, 1.54) is 17.6 Å². The lowest BCUT2D eigenvalue weighted by atomic mass is 9.81. The van der Waals surface area contributed by atoms with Gasteiger partial charge in [0.2, 0.25) is 17.7 Å². The molecule has 2 aromatic rings. The summed E-state index contributed by atoms with van der Waals surface area (Å²) < 4.78 is 0. The molecule has 1 aliphatic rings. The number of imidazole rings is 1. The molecular formula is C35H53N5O4. The molecule has 5 atom stereocenters. The zero-order chi connectivity index (χ0) is 32.1. The lowest BCUT2D eigenvalue weighted by Crippen LogP contribution is -2.55. The maximum absolute atomic E-state index is 14.0. The molecule has 0 radical (unpaired) electrons. The van der Waals surface area contributed by atoms with Gasteiger partial charge in [0, 0.05) is 33.1 Å². The van der Waals surface area contributed by atoms with Crippen LogP contribution in [0.5, 0.6) is 0 Å². The highest BCUT2D eigenvalue weighted by molar-refractivity contribution is 5.91. The largest absolute Gasteiger partial charge is 0.391 e. The van der Waals surface area contributed by atoms with Crippen molar-refractivity contribution in [2.75, 3.05) is 14.1 Å². The van der Waals surface area contributed by atoms with Crippen molar-refractivity contribution in [2.24, 2.45) is 23.7 Å². The van der Waals surface area contributed by atoms with E-state index >= 15 is 0 Å². The molecule has 3 amide bonds.